The van der Waals surface area contributed by atoms with Crippen LogP contribution in [0.1, 0.15) is 17.9 Å². The van der Waals surface area contributed by atoms with E-state index in [1.54, 1.807) is 7.11 Å². The Morgan fingerprint density at radius 2 is 2.08 bits per heavy atom. The molecule has 0 saturated heterocycles. The topological polar surface area (TPSA) is 33.0 Å². The Hall–Kier alpha value is -1.49. The molecule has 0 amide bonds. The van der Waals surface area contributed by atoms with Gasteiger partial charge in [0.1, 0.15) is 5.75 Å². The molecule has 66 valence electrons. The molecule has 2 heteroatoms. The zero-order chi connectivity index (χ0) is 9.26. The average molecular weight is 173 g/mol. The fourth-order valence-electron chi connectivity index (χ4n) is 1.56. The van der Waals surface area contributed by atoms with Gasteiger partial charge in [0.15, 0.2) is 0 Å². The summed E-state index contributed by atoms with van der Waals surface area (Å²) in [5.41, 5.74) is 1.26. The normalized spacial score (nSPS) is 24.9. The molecule has 2 nitrogen and oxygen atoms in total. The van der Waals surface area contributed by atoms with Crippen LogP contribution in [-0.2, 0) is 0 Å². The van der Waals surface area contributed by atoms with Gasteiger partial charge in [-0.3, -0.25) is 0 Å². The molecule has 0 N–H and O–H groups in total. The van der Waals surface area contributed by atoms with Crippen molar-refractivity contribution in [3.8, 4) is 11.8 Å². The highest BCUT2D eigenvalue weighted by molar-refractivity contribution is 5.34. The smallest absolute Gasteiger partial charge is 0.118 e. The Balaban J connectivity index is 2.12. The number of nitriles is 1. The fourth-order valence-corrected chi connectivity index (χ4v) is 1.56. The largest absolute Gasteiger partial charge is 0.497 e. The van der Waals surface area contributed by atoms with Crippen molar-refractivity contribution in [2.45, 2.75) is 12.3 Å². The predicted molar refractivity (Wildman–Crippen MR) is 49.5 cm³/mol. The number of rotatable bonds is 2. The van der Waals surface area contributed by atoms with E-state index in [2.05, 4.69) is 6.07 Å². The Bertz CT molecular complexity index is 336. The maximum absolute atomic E-state index is 8.66. The second kappa shape index (κ2) is 3.10. The third kappa shape index (κ3) is 1.50. The lowest BCUT2D eigenvalue weighted by atomic mass is 10.1. The first-order valence-electron chi connectivity index (χ1n) is 4.38. The zero-order valence-electron chi connectivity index (χ0n) is 7.53. The summed E-state index contributed by atoms with van der Waals surface area (Å²) in [7, 11) is 1.66. The molecule has 1 aromatic rings. The van der Waals surface area contributed by atoms with Crippen molar-refractivity contribution in [3.05, 3.63) is 29.8 Å². The van der Waals surface area contributed by atoms with Crippen molar-refractivity contribution in [1.29, 1.82) is 5.26 Å². The SMILES string of the molecule is COc1ccc(C2CC2C#N)cc1. The molecule has 0 radical (unpaired) electrons. The van der Waals surface area contributed by atoms with E-state index < -0.39 is 0 Å². The van der Waals surface area contributed by atoms with Crippen molar-refractivity contribution in [2.75, 3.05) is 7.11 Å². The lowest BCUT2D eigenvalue weighted by Gasteiger charge is -2.00. The summed E-state index contributed by atoms with van der Waals surface area (Å²) < 4.78 is 5.06. The summed E-state index contributed by atoms with van der Waals surface area (Å²) in [6, 6.07) is 10.3. The van der Waals surface area contributed by atoms with Crippen LogP contribution >= 0.6 is 0 Å². The van der Waals surface area contributed by atoms with Crippen LogP contribution in [0.25, 0.3) is 0 Å². The van der Waals surface area contributed by atoms with Gasteiger partial charge in [-0.05, 0) is 24.1 Å². The number of methoxy groups -OCH3 is 1. The van der Waals surface area contributed by atoms with E-state index in [-0.39, 0.29) is 5.92 Å². The first kappa shape index (κ1) is 8.12. The number of hydrogen-bond donors (Lipinski definition) is 0. The molecule has 1 aliphatic carbocycles. The molecule has 0 bridgehead atoms. The second-order valence-corrected chi connectivity index (χ2v) is 3.35. The maximum Gasteiger partial charge on any atom is 0.118 e. The molecule has 2 unspecified atom stereocenters. The summed E-state index contributed by atoms with van der Waals surface area (Å²) in [6.45, 7) is 0. The van der Waals surface area contributed by atoms with E-state index in [0.717, 1.165) is 12.2 Å². The van der Waals surface area contributed by atoms with Crippen molar-refractivity contribution < 1.29 is 4.74 Å². The van der Waals surface area contributed by atoms with Gasteiger partial charge in [-0.25, -0.2) is 0 Å². The Kier molecular flexibility index (Phi) is 1.94. The Labute approximate surface area is 77.8 Å². The summed E-state index contributed by atoms with van der Waals surface area (Å²) in [4.78, 5) is 0. The van der Waals surface area contributed by atoms with E-state index in [1.165, 1.54) is 5.56 Å². The highest BCUT2D eigenvalue weighted by atomic mass is 16.5. The minimum Gasteiger partial charge on any atom is -0.497 e. The third-order valence-electron chi connectivity index (χ3n) is 2.50. The van der Waals surface area contributed by atoms with E-state index in [9.17, 15) is 0 Å². The maximum atomic E-state index is 8.66. The van der Waals surface area contributed by atoms with Gasteiger partial charge in [0.05, 0.1) is 19.1 Å². The molecule has 1 fully saturated rings. The van der Waals surface area contributed by atoms with Gasteiger partial charge in [0.2, 0.25) is 0 Å². The van der Waals surface area contributed by atoms with E-state index in [4.69, 9.17) is 10.00 Å². The van der Waals surface area contributed by atoms with Crippen molar-refractivity contribution in [2.24, 2.45) is 5.92 Å². The molecule has 2 atom stereocenters. The van der Waals surface area contributed by atoms with Gasteiger partial charge in [0.25, 0.3) is 0 Å². The van der Waals surface area contributed by atoms with Crippen LogP contribution in [0.5, 0.6) is 5.75 Å². The second-order valence-electron chi connectivity index (χ2n) is 3.35. The lowest BCUT2D eigenvalue weighted by Crippen LogP contribution is -1.84. The first-order chi connectivity index (χ1) is 6.35. The molecule has 1 aromatic carbocycles. The van der Waals surface area contributed by atoms with Gasteiger partial charge in [-0.15, -0.1) is 0 Å². The minimum absolute atomic E-state index is 0.244. The standard InChI is InChI=1S/C11H11NO/c1-13-10-4-2-8(3-5-10)11-6-9(11)7-12/h2-5,9,11H,6H2,1H3. The Morgan fingerprint density at radius 1 is 1.38 bits per heavy atom. The zero-order valence-corrected chi connectivity index (χ0v) is 7.53. The fraction of sp³-hybridized carbons (Fsp3) is 0.364. The summed E-state index contributed by atoms with van der Waals surface area (Å²) >= 11 is 0. The average Bonchev–Trinajstić information content (AvgIpc) is 2.97. The first-order valence-corrected chi connectivity index (χ1v) is 4.38. The van der Waals surface area contributed by atoms with Crippen LogP contribution in [0.3, 0.4) is 0 Å². The monoisotopic (exact) mass is 173 g/mol. The lowest BCUT2D eigenvalue weighted by molar-refractivity contribution is 0.414. The molecule has 13 heavy (non-hydrogen) atoms. The van der Waals surface area contributed by atoms with E-state index in [0.29, 0.717) is 5.92 Å². The molecular weight excluding hydrogens is 162 g/mol. The molecule has 0 heterocycles. The quantitative estimate of drug-likeness (QED) is 0.687. The molecule has 1 aliphatic rings. The van der Waals surface area contributed by atoms with E-state index >= 15 is 0 Å². The number of hydrogen-bond acceptors (Lipinski definition) is 2. The number of nitrogens with zero attached hydrogens (tertiary/aromatic N) is 1. The van der Waals surface area contributed by atoms with Gasteiger partial charge in [-0.1, -0.05) is 12.1 Å². The van der Waals surface area contributed by atoms with Crippen LogP contribution in [-0.4, -0.2) is 7.11 Å². The molecule has 2 rings (SSSR count). The van der Waals surface area contributed by atoms with Crippen LogP contribution in [0.4, 0.5) is 0 Å². The van der Waals surface area contributed by atoms with Gasteiger partial charge < -0.3 is 4.74 Å². The van der Waals surface area contributed by atoms with Crippen molar-refractivity contribution in [3.63, 3.8) is 0 Å². The van der Waals surface area contributed by atoms with Crippen molar-refractivity contribution >= 4 is 0 Å². The van der Waals surface area contributed by atoms with Crippen LogP contribution in [0.2, 0.25) is 0 Å². The molecule has 1 saturated carbocycles. The van der Waals surface area contributed by atoms with E-state index in [1.807, 2.05) is 24.3 Å². The molecular formula is C11H11NO. The minimum atomic E-state index is 0.244. The number of ether oxygens (including phenoxy) is 1. The molecule has 0 aliphatic heterocycles. The summed E-state index contributed by atoms with van der Waals surface area (Å²) in [5, 5.41) is 8.66. The third-order valence-corrected chi connectivity index (χ3v) is 2.50. The molecule has 0 aromatic heterocycles. The summed E-state index contributed by atoms with van der Waals surface area (Å²) in [6.07, 6.45) is 1.02. The van der Waals surface area contributed by atoms with Crippen LogP contribution in [0, 0.1) is 17.2 Å². The van der Waals surface area contributed by atoms with Crippen LogP contribution in [0.15, 0.2) is 24.3 Å². The van der Waals surface area contributed by atoms with Gasteiger partial charge in [-0.2, -0.15) is 5.26 Å². The highest BCUT2D eigenvalue weighted by Crippen LogP contribution is 2.46. The highest BCUT2D eigenvalue weighted by Gasteiger charge is 2.38. The Morgan fingerprint density at radius 3 is 2.54 bits per heavy atom. The van der Waals surface area contributed by atoms with Gasteiger partial charge in [0, 0.05) is 5.92 Å². The predicted octanol–water partition coefficient (Wildman–Crippen LogP) is 2.32. The van der Waals surface area contributed by atoms with Crippen LogP contribution < -0.4 is 4.74 Å². The number of benzene rings is 1. The van der Waals surface area contributed by atoms with Gasteiger partial charge >= 0.3 is 0 Å². The van der Waals surface area contributed by atoms with Crippen molar-refractivity contribution in [1.82, 2.24) is 0 Å². The summed E-state index contributed by atoms with van der Waals surface area (Å²) in [5.74, 6) is 1.59. The molecule has 0 spiro atoms.